The van der Waals surface area contributed by atoms with Crippen molar-refractivity contribution in [2.45, 2.75) is 156 Å². The first-order chi connectivity index (χ1) is 19.7. The lowest BCUT2D eigenvalue weighted by Crippen LogP contribution is -2.29. The highest BCUT2D eigenvalue weighted by atomic mass is 16.4. The molecule has 230 valence electrons. The van der Waals surface area contributed by atoms with E-state index in [4.69, 9.17) is 0 Å². The van der Waals surface area contributed by atoms with Crippen LogP contribution in [0.2, 0.25) is 0 Å². The number of aryl methyl sites for hydroxylation is 4. The van der Waals surface area contributed by atoms with Crippen molar-refractivity contribution < 1.29 is 20.1 Å². The number of phenols is 2. The zero-order chi connectivity index (χ0) is 30.3. The summed E-state index contributed by atoms with van der Waals surface area (Å²) in [4.78, 5) is 12.0. The number of aliphatic carboxylic acids is 1. The fraction of sp³-hybridized carbons (Fsp3) is 0.649. The SMILES string of the molecule is CCCCCc1cc(C(C)(CCC(=O)O)c2cc(CCCCC)c(O)cc2CCCCC)c(CCCCC)cc1O. The van der Waals surface area contributed by atoms with Crippen LogP contribution >= 0.6 is 0 Å². The van der Waals surface area contributed by atoms with Crippen LogP contribution in [0.4, 0.5) is 0 Å². The molecule has 0 saturated heterocycles. The van der Waals surface area contributed by atoms with E-state index in [0.717, 1.165) is 136 Å². The number of rotatable bonds is 21. The maximum Gasteiger partial charge on any atom is 0.303 e. The normalized spacial score (nSPS) is 11.7. The minimum Gasteiger partial charge on any atom is -0.508 e. The summed E-state index contributed by atoms with van der Waals surface area (Å²) in [6.07, 6.45) is 17.0. The lowest BCUT2D eigenvalue weighted by molar-refractivity contribution is -0.137. The second kappa shape index (κ2) is 18.1. The Bertz CT molecular complexity index is 998. The third-order valence-electron chi connectivity index (χ3n) is 8.84. The highest BCUT2D eigenvalue weighted by Crippen LogP contribution is 2.44. The summed E-state index contributed by atoms with van der Waals surface area (Å²) in [5, 5.41) is 32.1. The van der Waals surface area contributed by atoms with Gasteiger partial charge in [0.25, 0.3) is 0 Å². The molecule has 0 aliphatic heterocycles. The summed E-state index contributed by atoms with van der Waals surface area (Å²) in [5.74, 6) is -0.0580. The summed E-state index contributed by atoms with van der Waals surface area (Å²) < 4.78 is 0. The lowest BCUT2D eigenvalue weighted by atomic mass is 9.68. The fourth-order valence-corrected chi connectivity index (χ4v) is 6.23. The number of carboxylic acids is 1. The van der Waals surface area contributed by atoms with Gasteiger partial charge in [-0.05, 0) is 103 Å². The van der Waals surface area contributed by atoms with Crippen molar-refractivity contribution in [3.8, 4) is 11.5 Å². The second-order valence-electron chi connectivity index (χ2n) is 12.3. The van der Waals surface area contributed by atoms with E-state index in [1.54, 1.807) is 0 Å². The zero-order valence-electron chi connectivity index (χ0n) is 26.8. The highest BCUT2D eigenvalue weighted by Gasteiger charge is 2.35. The molecule has 3 N–H and O–H groups in total. The summed E-state index contributed by atoms with van der Waals surface area (Å²) in [6, 6.07) is 8.36. The molecular formula is C37H58O4. The van der Waals surface area contributed by atoms with Crippen molar-refractivity contribution in [3.63, 3.8) is 0 Å². The van der Waals surface area contributed by atoms with Gasteiger partial charge in [0.15, 0.2) is 0 Å². The smallest absolute Gasteiger partial charge is 0.303 e. The Kier molecular flexibility index (Phi) is 15.4. The Morgan fingerprint density at radius 2 is 0.927 bits per heavy atom. The third kappa shape index (κ3) is 10.4. The highest BCUT2D eigenvalue weighted by molar-refractivity contribution is 5.67. The van der Waals surface area contributed by atoms with Crippen LogP contribution in [0.5, 0.6) is 11.5 Å². The molecule has 0 atom stereocenters. The Morgan fingerprint density at radius 1 is 0.585 bits per heavy atom. The van der Waals surface area contributed by atoms with Gasteiger partial charge in [-0.3, -0.25) is 4.79 Å². The molecule has 0 heterocycles. The number of unbranched alkanes of at least 4 members (excludes halogenated alkanes) is 8. The molecule has 0 amide bonds. The first kappa shape index (κ1) is 34.7. The minimum atomic E-state index is -0.791. The van der Waals surface area contributed by atoms with Crippen LogP contribution in [0.3, 0.4) is 0 Å². The predicted octanol–water partition coefficient (Wildman–Crippen LogP) is 10.2. The molecule has 2 aromatic rings. The van der Waals surface area contributed by atoms with Gasteiger partial charge < -0.3 is 15.3 Å². The number of hydrogen-bond acceptors (Lipinski definition) is 3. The predicted molar refractivity (Wildman–Crippen MR) is 172 cm³/mol. The van der Waals surface area contributed by atoms with Gasteiger partial charge in [-0.1, -0.05) is 98.1 Å². The van der Waals surface area contributed by atoms with Crippen molar-refractivity contribution in [3.05, 3.63) is 57.6 Å². The van der Waals surface area contributed by atoms with E-state index >= 15 is 0 Å². The molecule has 41 heavy (non-hydrogen) atoms. The van der Waals surface area contributed by atoms with Crippen LogP contribution in [0, 0.1) is 0 Å². The van der Waals surface area contributed by atoms with Crippen molar-refractivity contribution in [2.24, 2.45) is 0 Å². The Hall–Kier alpha value is -2.49. The van der Waals surface area contributed by atoms with Crippen LogP contribution in [-0.4, -0.2) is 21.3 Å². The van der Waals surface area contributed by atoms with Crippen LogP contribution in [0.15, 0.2) is 24.3 Å². The molecule has 2 aromatic carbocycles. The largest absolute Gasteiger partial charge is 0.508 e. The molecule has 0 spiro atoms. The molecule has 4 heteroatoms. The fourth-order valence-electron chi connectivity index (χ4n) is 6.23. The maximum atomic E-state index is 12.0. The first-order valence-corrected chi connectivity index (χ1v) is 16.6. The maximum absolute atomic E-state index is 12.0. The van der Waals surface area contributed by atoms with Gasteiger partial charge in [-0.25, -0.2) is 0 Å². The average molecular weight is 567 g/mol. The van der Waals surface area contributed by atoms with Gasteiger partial charge in [0, 0.05) is 11.8 Å². The van der Waals surface area contributed by atoms with Crippen LogP contribution in [-0.2, 0) is 35.9 Å². The number of aromatic hydroxyl groups is 2. The zero-order valence-corrected chi connectivity index (χ0v) is 26.8. The van der Waals surface area contributed by atoms with E-state index in [9.17, 15) is 20.1 Å². The molecule has 0 aromatic heterocycles. The summed E-state index contributed by atoms with van der Waals surface area (Å²) in [7, 11) is 0. The molecule has 4 nitrogen and oxygen atoms in total. The van der Waals surface area contributed by atoms with E-state index < -0.39 is 11.4 Å². The first-order valence-electron chi connectivity index (χ1n) is 16.6. The average Bonchev–Trinajstić information content (AvgIpc) is 2.94. The van der Waals surface area contributed by atoms with E-state index in [-0.39, 0.29) is 6.42 Å². The number of carbonyl (C=O) groups is 1. The van der Waals surface area contributed by atoms with E-state index in [1.165, 1.54) is 0 Å². The van der Waals surface area contributed by atoms with Gasteiger partial charge in [0.1, 0.15) is 11.5 Å². The Labute approximate surface area is 250 Å². The summed E-state index contributed by atoms with van der Waals surface area (Å²) in [6.45, 7) is 11.0. The molecule has 0 aliphatic rings. The van der Waals surface area contributed by atoms with Crippen molar-refractivity contribution in [1.29, 1.82) is 0 Å². The number of carboxylic acid groups (broad SMARTS) is 1. The van der Waals surface area contributed by atoms with Gasteiger partial charge in [0.2, 0.25) is 0 Å². The standard InChI is InChI=1S/C37H58O4/c1-6-10-14-18-28-26-34(38)30(20-16-12-8-3)24-32(28)37(5,23-22-36(40)41)33-25-31(21-17-13-9-4)35(39)27-29(33)19-15-11-7-2/h24-27,38-39H,6-23H2,1-5H3,(H,40,41). The second-order valence-corrected chi connectivity index (χ2v) is 12.3. The topological polar surface area (TPSA) is 77.8 Å². The van der Waals surface area contributed by atoms with Crippen LogP contribution < -0.4 is 0 Å². The third-order valence-corrected chi connectivity index (χ3v) is 8.84. The molecule has 2 rings (SSSR count). The molecule has 0 unspecified atom stereocenters. The van der Waals surface area contributed by atoms with Crippen molar-refractivity contribution in [1.82, 2.24) is 0 Å². The monoisotopic (exact) mass is 566 g/mol. The lowest BCUT2D eigenvalue weighted by Gasteiger charge is -2.36. The Balaban J connectivity index is 2.81. The Morgan fingerprint density at radius 3 is 1.24 bits per heavy atom. The minimum absolute atomic E-state index is 0.0669. The van der Waals surface area contributed by atoms with E-state index in [1.807, 2.05) is 12.1 Å². The molecule has 0 radical (unpaired) electrons. The van der Waals surface area contributed by atoms with E-state index in [0.29, 0.717) is 17.9 Å². The number of hydrogen-bond donors (Lipinski definition) is 3. The molecule has 0 fully saturated rings. The quantitative estimate of drug-likeness (QED) is 0.131. The van der Waals surface area contributed by atoms with E-state index in [2.05, 4.69) is 46.8 Å². The molecule has 0 bridgehead atoms. The van der Waals surface area contributed by atoms with Crippen molar-refractivity contribution >= 4 is 5.97 Å². The van der Waals surface area contributed by atoms with Gasteiger partial charge in [0.05, 0.1) is 0 Å². The number of phenolic OH excluding ortho intramolecular Hbond substituents is 2. The van der Waals surface area contributed by atoms with Crippen molar-refractivity contribution in [2.75, 3.05) is 0 Å². The van der Waals surface area contributed by atoms with Gasteiger partial charge in [-0.2, -0.15) is 0 Å². The van der Waals surface area contributed by atoms with Gasteiger partial charge >= 0.3 is 5.97 Å². The molecule has 0 aliphatic carbocycles. The van der Waals surface area contributed by atoms with Crippen LogP contribution in [0.25, 0.3) is 0 Å². The summed E-state index contributed by atoms with van der Waals surface area (Å²) >= 11 is 0. The molecular weight excluding hydrogens is 508 g/mol. The number of benzene rings is 2. The van der Waals surface area contributed by atoms with Gasteiger partial charge in [-0.15, -0.1) is 0 Å². The summed E-state index contributed by atoms with van der Waals surface area (Å²) in [5.41, 5.74) is 5.93. The van der Waals surface area contributed by atoms with Crippen LogP contribution in [0.1, 0.15) is 158 Å². The molecule has 0 saturated carbocycles.